The van der Waals surface area contributed by atoms with Crippen LogP contribution in [0.2, 0.25) is 0 Å². The standard InChI is InChI=1S/C15H24N4/c1-12-6-5-7-13(18-12)10-17-14(16-4)19-9-8-15(2,3)11-19/h5-7H,8-11H2,1-4H3,(H,16,17). The van der Waals surface area contributed by atoms with Gasteiger partial charge in [-0.15, -0.1) is 0 Å². The fourth-order valence-electron chi connectivity index (χ4n) is 2.49. The Kier molecular flexibility index (Phi) is 4.08. The third-order valence-electron chi connectivity index (χ3n) is 3.56. The molecule has 1 saturated heterocycles. The Morgan fingerprint density at radius 2 is 2.26 bits per heavy atom. The summed E-state index contributed by atoms with van der Waals surface area (Å²) in [5.74, 6) is 0.980. The fraction of sp³-hybridized carbons (Fsp3) is 0.600. The number of aryl methyl sites for hydroxylation is 1. The second kappa shape index (κ2) is 5.59. The van der Waals surface area contributed by atoms with Gasteiger partial charge in [-0.2, -0.15) is 0 Å². The molecule has 0 aromatic carbocycles. The molecule has 0 unspecified atom stereocenters. The molecule has 0 spiro atoms. The molecule has 4 nitrogen and oxygen atoms in total. The van der Waals surface area contributed by atoms with Gasteiger partial charge < -0.3 is 10.2 Å². The van der Waals surface area contributed by atoms with Crippen molar-refractivity contribution in [3.8, 4) is 0 Å². The first kappa shape index (κ1) is 13.8. The summed E-state index contributed by atoms with van der Waals surface area (Å²) in [4.78, 5) is 11.2. The number of aliphatic imine (C=N–C) groups is 1. The van der Waals surface area contributed by atoms with Gasteiger partial charge in [0.1, 0.15) is 0 Å². The summed E-state index contributed by atoms with van der Waals surface area (Å²) in [6.45, 7) is 9.50. The molecule has 1 aromatic heterocycles. The summed E-state index contributed by atoms with van der Waals surface area (Å²) in [6.07, 6.45) is 1.22. The summed E-state index contributed by atoms with van der Waals surface area (Å²) in [5.41, 5.74) is 2.50. The van der Waals surface area contributed by atoms with Crippen LogP contribution in [-0.4, -0.2) is 36.0 Å². The first-order valence-corrected chi connectivity index (χ1v) is 6.88. The molecule has 0 aliphatic carbocycles. The molecule has 1 fully saturated rings. The van der Waals surface area contributed by atoms with Crippen LogP contribution in [0.4, 0.5) is 0 Å². The second-order valence-corrected chi connectivity index (χ2v) is 6.01. The summed E-state index contributed by atoms with van der Waals surface area (Å²) < 4.78 is 0. The minimum absolute atomic E-state index is 0.388. The van der Waals surface area contributed by atoms with Gasteiger partial charge in [0.15, 0.2) is 5.96 Å². The second-order valence-electron chi connectivity index (χ2n) is 6.01. The van der Waals surface area contributed by atoms with E-state index in [0.29, 0.717) is 5.41 Å². The largest absolute Gasteiger partial charge is 0.351 e. The average Bonchev–Trinajstić information content (AvgIpc) is 2.71. The van der Waals surface area contributed by atoms with Crippen LogP contribution in [0.1, 0.15) is 31.7 Å². The van der Waals surface area contributed by atoms with Crippen LogP contribution in [0.15, 0.2) is 23.2 Å². The molecule has 2 heterocycles. The van der Waals surface area contributed by atoms with E-state index in [1.54, 1.807) is 0 Å². The van der Waals surface area contributed by atoms with Crippen LogP contribution < -0.4 is 5.32 Å². The smallest absolute Gasteiger partial charge is 0.193 e. The van der Waals surface area contributed by atoms with Crippen molar-refractivity contribution in [1.29, 1.82) is 0 Å². The molecule has 1 aliphatic rings. The number of likely N-dealkylation sites (tertiary alicyclic amines) is 1. The van der Waals surface area contributed by atoms with E-state index < -0.39 is 0 Å². The van der Waals surface area contributed by atoms with Crippen molar-refractivity contribution in [3.63, 3.8) is 0 Å². The molecule has 0 radical (unpaired) electrons. The lowest BCUT2D eigenvalue weighted by molar-refractivity contribution is 0.370. The highest BCUT2D eigenvalue weighted by atomic mass is 15.3. The lowest BCUT2D eigenvalue weighted by Crippen LogP contribution is -2.40. The van der Waals surface area contributed by atoms with Gasteiger partial charge in [-0.3, -0.25) is 9.98 Å². The normalized spacial score (nSPS) is 18.7. The zero-order chi connectivity index (χ0) is 13.9. The average molecular weight is 260 g/mol. The highest BCUT2D eigenvalue weighted by Gasteiger charge is 2.30. The first-order chi connectivity index (χ1) is 9.00. The van der Waals surface area contributed by atoms with E-state index in [1.807, 2.05) is 32.2 Å². The van der Waals surface area contributed by atoms with E-state index in [2.05, 4.69) is 34.0 Å². The highest BCUT2D eigenvalue weighted by molar-refractivity contribution is 5.80. The van der Waals surface area contributed by atoms with Gasteiger partial charge >= 0.3 is 0 Å². The number of guanidine groups is 1. The number of aromatic nitrogens is 1. The summed E-state index contributed by atoms with van der Waals surface area (Å²) in [5, 5.41) is 3.41. The number of nitrogens with zero attached hydrogens (tertiary/aromatic N) is 3. The number of rotatable bonds is 2. The molecular weight excluding hydrogens is 236 g/mol. The van der Waals surface area contributed by atoms with Crippen LogP contribution in [0.5, 0.6) is 0 Å². The van der Waals surface area contributed by atoms with Crippen LogP contribution in [0, 0.1) is 12.3 Å². The summed E-state index contributed by atoms with van der Waals surface area (Å²) in [6, 6.07) is 6.10. The molecule has 1 aromatic rings. The third-order valence-corrected chi connectivity index (χ3v) is 3.56. The van der Waals surface area contributed by atoms with E-state index >= 15 is 0 Å². The van der Waals surface area contributed by atoms with E-state index in [0.717, 1.165) is 37.0 Å². The molecule has 19 heavy (non-hydrogen) atoms. The van der Waals surface area contributed by atoms with E-state index in [9.17, 15) is 0 Å². The Bertz CT molecular complexity index is 465. The van der Waals surface area contributed by atoms with Crippen molar-refractivity contribution in [2.24, 2.45) is 10.4 Å². The monoisotopic (exact) mass is 260 g/mol. The van der Waals surface area contributed by atoms with Crippen molar-refractivity contribution in [3.05, 3.63) is 29.6 Å². The number of pyridine rings is 1. The van der Waals surface area contributed by atoms with Gasteiger partial charge in [0.05, 0.1) is 12.2 Å². The van der Waals surface area contributed by atoms with Crippen LogP contribution in [0.25, 0.3) is 0 Å². The molecule has 1 aliphatic heterocycles. The minimum atomic E-state index is 0.388. The van der Waals surface area contributed by atoms with Crippen molar-refractivity contribution in [1.82, 2.24) is 15.2 Å². The Balaban J connectivity index is 1.94. The highest BCUT2D eigenvalue weighted by Crippen LogP contribution is 2.28. The van der Waals surface area contributed by atoms with E-state index in [4.69, 9.17) is 0 Å². The maximum absolute atomic E-state index is 4.50. The predicted molar refractivity (Wildman–Crippen MR) is 79.1 cm³/mol. The molecule has 0 atom stereocenters. The maximum Gasteiger partial charge on any atom is 0.193 e. The van der Waals surface area contributed by atoms with Gasteiger partial charge in [-0.1, -0.05) is 19.9 Å². The van der Waals surface area contributed by atoms with E-state index in [1.165, 1.54) is 6.42 Å². The summed E-state index contributed by atoms with van der Waals surface area (Å²) >= 11 is 0. The number of hydrogen-bond acceptors (Lipinski definition) is 2. The molecule has 104 valence electrons. The Hall–Kier alpha value is -1.58. The topological polar surface area (TPSA) is 40.5 Å². The molecule has 4 heteroatoms. The van der Waals surface area contributed by atoms with Crippen LogP contribution in [0.3, 0.4) is 0 Å². The fourth-order valence-corrected chi connectivity index (χ4v) is 2.49. The third kappa shape index (κ3) is 3.69. The lowest BCUT2D eigenvalue weighted by atomic mass is 9.93. The van der Waals surface area contributed by atoms with Gasteiger partial charge in [-0.25, -0.2) is 0 Å². The zero-order valence-electron chi connectivity index (χ0n) is 12.4. The van der Waals surface area contributed by atoms with Crippen molar-refractivity contribution in [2.45, 2.75) is 33.7 Å². The Morgan fingerprint density at radius 3 is 2.84 bits per heavy atom. The molecule has 1 N–H and O–H groups in total. The van der Waals surface area contributed by atoms with Gasteiger partial charge in [0.2, 0.25) is 0 Å². The molecule has 0 amide bonds. The predicted octanol–water partition coefficient (Wildman–Crippen LogP) is 2.20. The van der Waals surface area contributed by atoms with Crippen LogP contribution >= 0.6 is 0 Å². The van der Waals surface area contributed by atoms with Crippen molar-refractivity contribution < 1.29 is 0 Å². The van der Waals surface area contributed by atoms with Crippen LogP contribution in [-0.2, 0) is 6.54 Å². The quantitative estimate of drug-likeness (QED) is 0.654. The van der Waals surface area contributed by atoms with Gasteiger partial charge in [0, 0.05) is 25.8 Å². The zero-order valence-corrected chi connectivity index (χ0v) is 12.4. The van der Waals surface area contributed by atoms with E-state index in [-0.39, 0.29) is 0 Å². The first-order valence-electron chi connectivity index (χ1n) is 6.88. The maximum atomic E-state index is 4.50. The molecule has 2 rings (SSSR count). The van der Waals surface area contributed by atoms with Gasteiger partial charge in [0.25, 0.3) is 0 Å². The molecule has 0 bridgehead atoms. The summed E-state index contributed by atoms with van der Waals surface area (Å²) in [7, 11) is 1.84. The number of hydrogen-bond donors (Lipinski definition) is 1. The lowest BCUT2D eigenvalue weighted by Gasteiger charge is -2.23. The molecular formula is C15H24N4. The van der Waals surface area contributed by atoms with Gasteiger partial charge in [-0.05, 0) is 30.9 Å². The molecule has 0 saturated carbocycles. The Labute approximate surface area is 115 Å². The van der Waals surface area contributed by atoms with Crippen molar-refractivity contribution in [2.75, 3.05) is 20.1 Å². The Morgan fingerprint density at radius 1 is 1.47 bits per heavy atom. The SMILES string of the molecule is CN=C(NCc1cccc(C)n1)N1CCC(C)(C)C1. The minimum Gasteiger partial charge on any atom is -0.351 e. The van der Waals surface area contributed by atoms with Crippen molar-refractivity contribution >= 4 is 5.96 Å². The number of nitrogens with one attached hydrogen (secondary N) is 1.